The first kappa shape index (κ1) is 18.4. The summed E-state index contributed by atoms with van der Waals surface area (Å²) in [6.07, 6.45) is 5.55. The number of hydrogen-bond donors (Lipinski definition) is 2. The topological polar surface area (TPSA) is 59.3 Å². The molecule has 2 N–H and O–H groups in total. The van der Waals surface area contributed by atoms with Gasteiger partial charge in [-0.15, -0.1) is 12.4 Å². The van der Waals surface area contributed by atoms with Crippen LogP contribution in [0.1, 0.15) is 25.0 Å². The molecule has 3 unspecified atom stereocenters. The lowest BCUT2D eigenvalue weighted by Crippen LogP contribution is -2.50. The highest BCUT2D eigenvalue weighted by atomic mass is 35.5. The minimum atomic E-state index is 0. The van der Waals surface area contributed by atoms with Gasteiger partial charge in [-0.3, -0.25) is 0 Å². The molecule has 1 aromatic heterocycles. The Morgan fingerprint density at radius 2 is 2.08 bits per heavy atom. The summed E-state index contributed by atoms with van der Waals surface area (Å²) >= 11 is 0. The Morgan fingerprint density at radius 1 is 1.20 bits per heavy atom. The molecule has 1 aliphatic heterocycles. The fraction of sp³-hybridized carbons (Fsp3) is 0.526. The van der Waals surface area contributed by atoms with Gasteiger partial charge in [0.05, 0.1) is 18.9 Å². The fourth-order valence-corrected chi connectivity index (χ4v) is 3.92. The molecule has 3 atom stereocenters. The van der Waals surface area contributed by atoms with E-state index in [4.69, 9.17) is 9.15 Å². The highest BCUT2D eigenvalue weighted by molar-refractivity contribution is 5.85. The van der Waals surface area contributed by atoms with Crippen LogP contribution in [0, 0.1) is 5.92 Å². The van der Waals surface area contributed by atoms with E-state index in [1.807, 2.05) is 30.3 Å². The lowest BCUT2D eigenvalue weighted by molar-refractivity contribution is 0.0524. The van der Waals surface area contributed by atoms with Crippen LogP contribution < -0.4 is 10.6 Å². The van der Waals surface area contributed by atoms with Gasteiger partial charge in [0.1, 0.15) is 6.26 Å². The molecule has 1 aliphatic carbocycles. The van der Waals surface area contributed by atoms with Crippen LogP contribution in [0.25, 0.3) is 11.5 Å². The number of nitrogens with zero attached hydrogens (tertiary/aromatic N) is 1. The first-order valence-corrected chi connectivity index (χ1v) is 8.94. The van der Waals surface area contributed by atoms with Crippen molar-refractivity contribution in [2.24, 2.45) is 5.92 Å². The molecule has 2 aromatic rings. The molecule has 1 saturated carbocycles. The van der Waals surface area contributed by atoms with Crippen molar-refractivity contribution in [2.75, 3.05) is 19.8 Å². The van der Waals surface area contributed by atoms with Gasteiger partial charge < -0.3 is 19.8 Å². The van der Waals surface area contributed by atoms with Crippen molar-refractivity contribution in [1.29, 1.82) is 0 Å². The molecule has 5 nitrogen and oxygen atoms in total. The predicted molar refractivity (Wildman–Crippen MR) is 99.8 cm³/mol. The normalized spacial score (nSPS) is 26.3. The molecule has 2 heterocycles. The summed E-state index contributed by atoms with van der Waals surface area (Å²) in [6.45, 7) is 3.40. The Hall–Kier alpha value is -1.40. The van der Waals surface area contributed by atoms with Gasteiger partial charge in [-0.2, -0.15) is 0 Å². The molecule has 1 saturated heterocycles. The molecule has 1 aromatic carbocycles. The third kappa shape index (κ3) is 4.42. The van der Waals surface area contributed by atoms with Gasteiger partial charge >= 0.3 is 0 Å². The summed E-state index contributed by atoms with van der Waals surface area (Å²) in [6, 6.07) is 11.0. The van der Waals surface area contributed by atoms with Crippen LogP contribution in [0.3, 0.4) is 0 Å². The van der Waals surface area contributed by atoms with E-state index in [2.05, 4.69) is 15.6 Å². The standard InChI is InChI=1S/C19H25N3O2.ClH/c1-2-5-14(6-3-1)19-22-15(12-24-19)11-21-17-8-4-7-16(17)18-13-23-10-9-20-18;/h1-3,5-6,12,16-18,20-21H,4,7-11,13H2;1H. The minimum Gasteiger partial charge on any atom is -0.444 e. The number of nitrogens with one attached hydrogen (secondary N) is 2. The number of aromatic nitrogens is 1. The van der Waals surface area contributed by atoms with Crippen molar-refractivity contribution in [3.8, 4) is 11.5 Å². The van der Waals surface area contributed by atoms with Gasteiger partial charge in [0, 0.05) is 30.7 Å². The van der Waals surface area contributed by atoms with E-state index in [0.29, 0.717) is 23.9 Å². The second kappa shape index (κ2) is 8.81. The van der Waals surface area contributed by atoms with Crippen molar-refractivity contribution in [3.63, 3.8) is 0 Å². The highest BCUT2D eigenvalue weighted by Crippen LogP contribution is 2.29. The maximum atomic E-state index is 5.64. The lowest BCUT2D eigenvalue weighted by Gasteiger charge is -2.32. The van der Waals surface area contributed by atoms with Gasteiger partial charge in [0.25, 0.3) is 0 Å². The van der Waals surface area contributed by atoms with Crippen molar-refractivity contribution in [1.82, 2.24) is 15.6 Å². The smallest absolute Gasteiger partial charge is 0.226 e. The van der Waals surface area contributed by atoms with E-state index < -0.39 is 0 Å². The maximum absolute atomic E-state index is 5.64. The molecule has 0 bridgehead atoms. The Bertz CT molecular complexity index is 643. The van der Waals surface area contributed by atoms with Gasteiger partial charge in [-0.25, -0.2) is 4.98 Å². The number of ether oxygens (including phenoxy) is 1. The predicted octanol–water partition coefficient (Wildman–Crippen LogP) is 3.01. The zero-order chi connectivity index (χ0) is 16.2. The van der Waals surface area contributed by atoms with Crippen LogP contribution in [0.5, 0.6) is 0 Å². The molecule has 2 fully saturated rings. The van der Waals surface area contributed by atoms with Crippen LogP contribution in [-0.4, -0.2) is 36.8 Å². The van der Waals surface area contributed by atoms with E-state index in [1.165, 1.54) is 19.3 Å². The monoisotopic (exact) mass is 363 g/mol. The molecule has 25 heavy (non-hydrogen) atoms. The third-order valence-corrected chi connectivity index (χ3v) is 5.15. The number of oxazole rings is 1. The first-order valence-electron chi connectivity index (χ1n) is 8.94. The van der Waals surface area contributed by atoms with Crippen LogP contribution in [-0.2, 0) is 11.3 Å². The van der Waals surface area contributed by atoms with Crippen molar-refractivity contribution in [2.45, 2.75) is 37.9 Å². The molecule has 6 heteroatoms. The fourth-order valence-electron chi connectivity index (χ4n) is 3.92. The van der Waals surface area contributed by atoms with Gasteiger partial charge in [-0.05, 0) is 30.9 Å². The van der Waals surface area contributed by atoms with Crippen molar-refractivity contribution < 1.29 is 9.15 Å². The average Bonchev–Trinajstić information content (AvgIpc) is 3.31. The van der Waals surface area contributed by atoms with Crippen LogP contribution in [0.15, 0.2) is 41.0 Å². The van der Waals surface area contributed by atoms with Gasteiger partial charge in [0.15, 0.2) is 0 Å². The largest absolute Gasteiger partial charge is 0.444 e. The van der Waals surface area contributed by atoms with Crippen molar-refractivity contribution in [3.05, 3.63) is 42.3 Å². The highest BCUT2D eigenvalue weighted by Gasteiger charge is 2.34. The Labute approximate surface area is 155 Å². The molecule has 4 rings (SSSR count). The second-order valence-electron chi connectivity index (χ2n) is 6.73. The van der Waals surface area contributed by atoms with E-state index in [1.54, 1.807) is 6.26 Å². The summed E-state index contributed by atoms with van der Waals surface area (Å²) in [5.74, 6) is 1.34. The van der Waals surface area contributed by atoms with Gasteiger partial charge in [-0.1, -0.05) is 24.6 Å². The molecule has 2 aliphatic rings. The molecular weight excluding hydrogens is 338 g/mol. The SMILES string of the molecule is Cl.c1ccc(-c2nc(CNC3CCCC3C3COCCN3)co2)cc1. The van der Waals surface area contributed by atoms with E-state index in [-0.39, 0.29) is 12.4 Å². The second-order valence-corrected chi connectivity index (χ2v) is 6.73. The zero-order valence-electron chi connectivity index (χ0n) is 14.3. The number of benzene rings is 1. The number of halogens is 1. The third-order valence-electron chi connectivity index (χ3n) is 5.15. The lowest BCUT2D eigenvalue weighted by atomic mass is 9.94. The van der Waals surface area contributed by atoms with Gasteiger partial charge in [0.2, 0.25) is 5.89 Å². The number of hydrogen-bond acceptors (Lipinski definition) is 5. The van der Waals surface area contributed by atoms with Crippen molar-refractivity contribution >= 4 is 12.4 Å². The molecular formula is C19H26ClN3O2. The minimum absolute atomic E-state index is 0. The quantitative estimate of drug-likeness (QED) is 0.855. The Morgan fingerprint density at radius 3 is 2.88 bits per heavy atom. The summed E-state index contributed by atoms with van der Waals surface area (Å²) < 4.78 is 11.3. The molecule has 0 radical (unpaired) electrons. The first-order chi connectivity index (χ1) is 11.9. The van der Waals surface area contributed by atoms with Crippen LogP contribution in [0.4, 0.5) is 0 Å². The molecule has 0 amide bonds. The van der Waals surface area contributed by atoms with Crippen LogP contribution in [0.2, 0.25) is 0 Å². The number of rotatable bonds is 5. The molecule has 0 spiro atoms. The van der Waals surface area contributed by atoms with E-state index >= 15 is 0 Å². The van der Waals surface area contributed by atoms with Crippen LogP contribution >= 0.6 is 12.4 Å². The van der Waals surface area contributed by atoms with E-state index in [0.717, 1.165) is 37.6 Å². The molecule has 136 valence electrons. The summed E-state index contributed by atoms with van der Waals surface area (Å²) in [5, 5.41) is 7.31. The summed E-state index contributed by atoms with van der Waals surface area (Å²) in [5.41, 5.74) is 1.98. The summed E-state index contributed by atoms with van der Waals surface area (Å²) in [7, 11) is 0. The maximum Gasteiger partial charge on any atom is 0.226 e. The average molecular weight is 364 g/mol. The number of morpholine rings is 1. The van der Waals surface area contributed by atoms with E-state index in [9.17, 15) is 0 Å². The Kier molecular flexibility index (Phi) is 6.48. The Balaban J connectivity index is 0.00000182. The zero-order valence-corrected chi connectivity index (χ0v) is 15.1. The summed E-state index contributed by atoms with van der Waals surface area (Å²) in [4.78, 5) is 4.61.